The van der Waals surface area contributed by atoms with Crippen molar-refractivity contribution < 1.29 is 9.84 Å². The van der Waals surface area contributed by atoms with Crippen LogP contribution in [-0.4, -0.2) is 18.3 Å². The van der Waals surface area contributed by atoms with Crippen LogP contribution in [0.3, 0.4) is 0 Å². The highest BCUT2D eigenvalue weighted by atomic mass is 79.9. The van der Waals surface area contributed by atoms with E-state index in [0.29, 0.717) is 6.61 Å². The van der Waals surface area contributed by atoms with Crippen LogP contribution in [0.15, 0.2) is 60.7 Å². The lowest BCUT2D eigenvalue weighted by Gasteiger charge is -2.34. The highest BCUT2D eigenvalue weighted by molar-refractivity contribution is 9.09. The van der Waals surface area contributed by atoms with Gasteiger partial charge < -0.3 is 9.84 Å². The smallest absolute Gasteiger partial charge is 0.110 e. The molecule has 0 bridgehead atoms. The average Bonchev–Trinajstić information content (AvgIpc) is 3.01. The highest BCUT2D eigenvalue weighted by Crippen LogP contribution is 2.51. The molecule has 2 aromatic carbocycles. The molecular formula is C18H19BrO2. The standard InChI is InChI=1S/C18H19BrO2/c19-17(15-7-3-1-4-8-15)18(11-14(12-20)13-21-18)16-9-5-2-6-10-16/h1-10,14,17,20H,11-13H2/t14-,17-,18-/m1/s1. The molecular weight excluding hydrogens is 328 g/mol. The zero-order valence-electron chi connectivity index (χ0n) is 11.8. The lowest BCUT2D eigenvalue weighted by atomic mass is 9.82. The molecule has 0 spiro atoms. The third kappa shape index (κ3) is 2.78. The van der Waals surface area contributed by atoms with Crippen LogP contribution in [0.4, 0.5) is 0 Å². The van der Waals surface area contributed by atoms with Gasteiger partial charge in [-0.15, -0.1) is 0 Å². The summed E-state index contributed by atoms with van der Waals surface area (Å²) in [6, 6.07) is 20.6. The van der Waals surface area contributed by atoms with Gasteiger partial charge in [-0.2, -0.15) is 0 Å². The quantitative estimate of drug-likeness (QED) is 0.846. The summed E-state index contributed by atoms with van der Waals surface area (Å²) in [5.41, 5.74) is 1.93. The second-order valence-corrected chi connectivity index (χ2v) is 6.51. The summed E-state index contributed by atoms with van der Waals surface area (Å²) in [4.78, 5) is 0.0603. The summed E-state index contributed by atoms with van der Waals surface area (Å²) in [7, 11) is 0. The summed E-state index contributed by atoms with van der Waals surface area (Å²) < 4.78 is 6.24. The van der Waals surface area contributed by atoms with Gasteiger partial charge in [-0.1, -0.05) is 76.6 Å². The molecule has 2 nitrogen and oxygen atoms in total. The third-order valence-corrected chi connectivity index (χ3v) is 5.46. The Morgan fingerprint density at radius 2 is 1.71 bits per heavy atom. The summed E-state index contributed by atoms with van der Waals surface area (Å²) in [6.45, 7) is 0.767. The molecule has 3 rings (SSSR count). The number of hydrogen-bond acceptors (Lipinski definition) is 2. The van der Waals surface area contributed by atoms with E-state index in [4.69, 9.17) is 4.74 Å². The van der Waals surface area contributed by atoms with Crippen molar-refractivity contribution in [3.8, 4) is 0 Å². The van der Waals surface area contributed by atoms with Crippen molar-refractivity contribution >= 4 is 15.9 Å². The van der Waals surface area contributed by atoms with Crippen molar-refractivity contribution in [2.45, 2.75) is 16.8 Å². The number of hydrogen-bond donors (Lipinski definition) is 1. The largest absolute Gasteiger partial charge is 0.396 e. The predicted octanol–water partition coefficient (Wildman–Crippen LogP) is 4.05. The minimum Gasteiger partial charge on any atom is -0.396 e. The third-order valence-electron chi connectivity index (χ3n) is 4.19. The molecule has 1 aliphatic rings. The van der Waals surface area contributed by atoms with E-state index in [-0.39, 0.29) is 17.4 Å². The number of alkyl halides is 1. The van der Waals surface area contributed by atoms with E-state index in [1.54, 1.807) is 0 Å². The van der Waals surface area contributed by atoms with Crippen molar-refractivity contribution in [3.63, 3.8) is 0 Å². The number of ether oxygens (including phenoxy) is 1. The second-order valence-electron chi connectivity index (χ2n) is 5.59. The molecule has 0 amide bonds. The van der Waals surface area contributed by atoms with Crippen LogP contribution in [0.25, 0.3) is 0 Å². The Morgan fingerprint density at radius 1 is 1.10 bits per heavy atom. The summed E-state index contributed by atoms with van der Waals surface area (Å²) >= 11 is 3.86. The van der Waals surface area contributed by atoms with Gasteiger partial charge in [0, 0.05) is 12.5 Å². The maximum absolute atomic E-state index is 9.50. The van der Waals surface area contributed by atoms with Gasteiger partial charge in [-0.05, 0) is 17.5 Å². The van der Waals surface area contributed by atoms with E-state index in [9.17, 15) is 5.11 Å². The highest BCUT2D eigenvalue weighted by Gasteiger charge is 2.47. The van der Waals surface area contributed by atoms with Gasteiger partial charge in [-0.3, -0.25) is 0 Å². The first-order valence-electron chi connectivity index (χ1n) is 7.25. The number of rotatable bonds is 4. The fourth-order valence-electron chi connectivity index (χ4n) is 3.07. The Bertz CT molecular complexity index is 572. The van der Waals surface area contributed by atoms with E-state index in [1.165, 1.54) is 5.56 Å². The first-order chi connectivity index (χ1) is 10.3. The molecule has 3 atom stereocenters. The molecule has 21 heavy (non-hydrogen) atoms. The van der Waals surface area contributed by atoms with Gasteiger partial charge >= 0.3 is 0 Å². The maximum Gasteiger partial charge on any atom is 0.110 e. The van der Waals surface area contributed by atoms with Crippen LogP contribution in [0.2, 0.25) is 0 Å². The fourth-order valence-corrected chi connectivity index (χ4v) is 3.95. The molecule has 1 N–H and O–H groups in total. The molecule has 110 valence electrons. The molecule has 2 aromatic rings. The lowest BCUT2D eigenvalue weighted by Crippen LogP contribution is -2.30. The zero-order chi connectivity index (χ0) is 14.7. The SMILES string of the molecule is OC[C@@H]1CO[C@](c2ccccc2)([C@H](Br)c2ccccc2)C1. The van der Waals surface area contributed by atoms with Crippen molar-refractivity contribution in [2.24, 2.45) is 5.92 Å². The van der Waals surface area contributed by atoms with Crippen LogP contribution in [0.1, 0.15) is 22.4 Å². The molecule has 1 heterocycles. The molecule has 0 aromatic heterocycles. The Kier molecular flexibility index (Phi) is 4.43. The van der Waals surface area contributed by atoms with Gasteiger partial charge in [0.05, 0.1) is 11.4 Å². The molecule has 0 aliphatic carbocycles. The van der Waals surface area contributed by atoms with Crippen molar-refractivity contribution in [1.29, 1.82) is 0 Å². The van der Waals surface area contributed by atoms with E-state index >= 15 is 0 Å². The summed E-state index contributed by atoms with van der Waals surface area (Å²) in [6.07, 6.45) is 0.818. The van der Waals surface area contributed by atoms with Gasteiger partial charge in [0.1, 0.15) is 5.60 Å². The Morgan fingerprint density at radius 3 is 2.29 bits per heavy atom. The van der Waals surface area contributed by atoms with Crippen molar-refractivity contribution in [3.05, 3.63) is 71.8 Å². The zero-order valence-corrected chi connectivity index (χ0v) is 13.4. The van der Waals surface area contributed by atoms with Crippen molar-refractivity contribution in [1.82, 2.24) is 0 Å². The van der Waals surface area contributed by atoms with Gasteiger partial charge in [0.25, 0.3) is 0 Å². The molecule has 1 aliphatic heterocycles. The van der Waals surface area contributed by atoms with Crippen LogP contribution < -0.4 is 0 Å². The van der Waals surface area contributed by atoms with Gasteiger partial charge in [-0.25, -0.2) is 0 Å². The molecule has 0 unspecified atom stereocenters. The summed E-state index contributed by atoms with van der Waals surface area (Å²) in [5, 5.41) is 9.50. The van der Waals surface area contributed by atoms with Gasteiger partial charge in [0.15, 0.2) is 0 Å². The van der Waals surface area contributed by atoms with Crippen LogP contribution in [0.5, 0.6) is 0 Å². The number of aliphatic hydroxyl groups excluding tert-OH is 1. The van der Waals surface area contributed by atoms with E-state index < -0.39 is 5.60 Å². The minimum atomic E-state index is -0.421. The number of halogens is 1. The molecule has 0 saturated carbocycles. The lowest BCUT2D eigenvalue weighted by molar-refractivity contribution is -0.00212. The van der Waals surface area contributed by atoms with Crippen LogP contribution >= 0.6 is 15.9 Å². The average molecular weight is 347 g/mol. The number of benzene rings is 2. The fraction of sp³-hybridized carbons (Fsp3) is 0.333. The second kappa shape index (κ2) is 6.30. The predicted molar refractivity (Wildman–Crippen MR) is 87.4 cm³/mol. The first kappa shape index (κ1) is 14.8. The monoisotopic (exact) mass is 346 g/mol. The van der Waals surface area contributed by atoms with Gasteiger partial charge in [0.2, 0.25) is 0 Å². The van der Waals surface area contributed by atoms with E-state index in [2.05, 4.69) is 40.2 Å². The van der Waals surface area contributed by atoms with E-state index in [0.717, 1.165) is 12.0 Å². The van der Waals surface area contributed by atoms with E-state index in [1.807, 2.05) is 36.4 Å². The summed E-state index contributed by atoms with van der Waals surface area (Å²) in [5.74, 6) is 0.189. The first-order valence-corrected chi connectivity index (χ1v) is 8.17. The molecule has 0 radical (unpaired) electrons. The Labute approximate surface area is 133 Å². The minimum absolute atomic E-state index is 0.0603. The van der Waals surface area contributed by atoms with Crippen molar-refractivity contribution in [2.75, 3.05) is 13.2 Å². The topological polar surface area (TPSA) is 29.5 Å². The number of aliphatic hydroxyl groups is 1. The molecule has 3 heteroatoms. The van der Waals surface area contributed by atoms with Crippen LogP contribution in [0, 0.1) is 5.92 Å². The maximum atomic E-state index is 9.50. The van der Waals surface area contributed by atoms with Crippen LogP contribution in [-0.2, 0) is 10.3 Å². The Hall–Kier alpha value is -1.16. The molecule has 1 fully saturated rings. The molecule has 1 saturated heterocycles. The Balaban J connectivity index is 2.01. The normalized spacial score (nSPS) is 26.7.